The summed E-state index contributed by atoms with van der Waals surface area (Å²) in [5, 5.41) is 0.264. The fourth-order valence-electron chi connectivity index (χ4n) is 3.24. The van der Waals surface area contributed by atoms with Crippen LogP contribution >= 0.6 is 34.5 Å². The number of piperazine rings is 1. The Kier molecular flexibility index (Phi) is 5.65. The molecule has 0 spiro atoms. The number of thiophene rings is 1. The second-order valence-electron chi connectivity index (χ2n) is 6.40. The third-order valence-corrected chi connectivity index (χ3v) is 8.89. The molecule has 0 radical (unpaired) electrons. The van der Waals surface area contributed by atoms with Crippen molar-refractivity contribution in [3.8, 4) is 17.2 Å². The summed E-state index contributed by atoms with van der Waals surface area (Å²) in [6, 6.07) is 5.27. The quantitative estimate of drug-likeness (QED) is 0.675. The number of fused-ring (bicyclic) bond motifs is 1. The van der Waals surface area contributed by atoms with E-state index in [-0.39, 0.29) is 20.4 Å². The molecule has 28 heavy (non-hydrogen) atoms. The van der Waals surface area contributed by atoms with E-state index in [0.717, 1.165) is 16.9 Å². The molecule has 7 nitrogen and oxygen atoms in total. The fourth-order valence-corrected chi connectivity index (χ4v) is 6.70. The van der Waals surface area contributed by atoms with E-state index in [1.54, 1.807) is 7.11 Å². The molecule has 2 aromatic rings. The molecule has 1 fully saturated rings. The summed E-state index contributed by atoms with van der Waals surface area (Å²) >= 11 is 12.8. The average molecular weight is 465 g/mol. The molecule has 152 valence electrons. The van der Waals surface area contributed by atoms with Gasteiger partial charge in [0.05, 0.1) is 12.1 Å². The maximum Gasteiger partial charge on any atom is 0.252 e. The van der Waals surface area contributed by atoms with Crippen LogP contribution in [0.2, 0.25) is 9.36 Å². The highest BCUT2D eigenvalue weighted by Crippen LogP contribution is 2.42. The number of benzene rings is 1. The minimum absolute atomic E-state index is 0.177. The molecule has 0 N–H and O–H groups in total. The van der Waals surface area contributed by atoms with Crippen LogP contribution in [-0.4, -0.2) is 57.7 Å². The lowest BCUT2D eigenvalue weighted by Crippen LogP contribution is -2.48. The summed E-state index contributed by atoms with van der Waals surface area (Å²) in [4.78, 5) is 2.19. The molecular weight excluding hydrogens is 447 g/mol. The predicted octanol–water partition coefficient (Wildman–Crippen LogP) is 3.30. The van der Waals surface area contributed by atoms with Crippen LogP contribution in [0.25, 0.3) is 0 Å². The summed E-state index contributed by atoms with van der Waals surface area (Å²) in [6.45, 7) is 2.87. The number of rotatable bonds is 5. The minimum Gasteiger partial charge on any atom is -0.493 e. The maximum atomic E-state index is 12.8. The number of methoxy groups -OCH3 is 1. The molecule has 1 aromatic heterocycles. The van der Waals surface area contributed by atoms with Gasteiger partial charge in [0.2, 0.25) is 12.5 Å². The van der Waals surface area contributed by atoms with Gasteiger partial charge in [0.25, 0.3) is 10.0 Å². The first-order valence-corrected chi connectivity index (χ1v) is 11.5. The molecule has 11 heteroatoms. The van der Waals surface area contributed by atoms with Crippen molar-refractivity contribution in [3.05, 3.63) is 33.1 Å². The van der Waals surface area contributed by atoms with Gasteiger partial charge in [-0.1, -0.05) is 23.2 Å². The van der Waals surface area contributed by atoms with Gasteiger partial charge < -0.3 is 14.2 Å². The van der Waals surface area contributed by atoms with Gasteiger partial charge in [-0.05, 0) is 23.8 Å². The van der Waals surface area contributed by atoms with E-state index < -0.39 is 10.0 Å². The first-order valence-electron chi connectivity index (χ1n) is 8.52. The second-order valence-corrected chi connectivity index (χ2v) is 10.6. The van der Waals surface area contributed by atoms with Gasteiger partial charge in [0, 0.05) is 32.7 Å². The summed E-state index contributed by atoms with van der Waals surface area (Å²) in [5.74, 6) is 1.93. The van der Waals surface area contributed by atoms with Crippen molar-refractivity contribution in [2.24, 2.45) is 0 Å². The van der Waals surface area contributed by atoms with E-state index in [1.807, 2.05) is 12.1 Å². The largest absolute Gasteiger partial charge is 0.493 e. The van der Waals surface area contributed by atoms with E-state index >= 15 is 0 Å². The Morgan fingerprint density at radius 2 is 1.89 bits per heavy atom. The van der Waals surface area contributed by atoms with Crippen molar-refractivity contribution in [1.29, 1.82) is 0 Å². The molecule has 3 heterocycles. The Morgan fingerprint density at radius 3 is 2.54 bits per heavy atom. The topological polar surface area (TPSA) is 68.3 Å². The van der Waals surface area contributed by atoms with Crippen LogP contribution in [0.1, 0.15) is 5.56 Å². The summed E-state index contributed by atoms with van der Waals surface area (Å²) in [6.07, 6.45) is 0. The Hall–Kier alpha value is -1.23. The zero-order chi connectivity index (χ0) is 19.9. The first-order chi connectivity index (χ1) is 13.4. The number of halogens is 2. The second kappa shape index (κ2) is 7.89. The number of hydrogen-bond donors (Lipinski definition) is 0. The highest BCUT2D eigenvalue weighted by atomic mass is 35.5. The fraction of sp³-hybridized carbons (Fsp3) is 0.412. The van der Waals surface area contributed by atoms with Gasteiger partial charge in [-0.3, -0.25) is 4.90 Å². The van der Waals surface area contributed by atoms with Crippen molar-refractivity contribution >= 4 is 44.6 Å². The molecule has 2 aliphatic rings. The van der Waals surface area contributed by atoms with Gasteiger partial charge >= 0.3 is 0 Å². The van der Waals surface area contributed by atoms with Gasteiger partial charge in [-0.15, -0.1) is 11.3 Å². The maximum absolute atomic E-state index is 12.8. The zero-order valence-corrected chi connectivity index (χ0v) is 18.1. The lowest BCUT2D eigenvalue weighted by molar-refractivity contribution is 0.171. The Bertz CT molecular complexity index is 968. The standard InChI is InChI=1S/C17H18Cl2N2O5S2/c1-24-13-6-11(7-14-16(13)26-10-25-14)9-20-2-4-21(5-3-20)28(22,23)15-8-12(18)17(19)27-15/h6-8H,2-5,9-10H2,1H3. The number of nitrogens with zero attached hydrogens (tertiary/aromatic N) is 2. The van der Waals surface area contributed by atoms with Gasteiger partial charge in [0.1, 0.15) is 8.55 Å². The molecule has 0 amide bonds. The van der Waals surface area contributed by atoms with Crippen LogP contribution in [0.4, 0.5) is 0 Å². The molecule has 0 bridgehead atoms. The summed E-state index contributed by atoms with van der Waals surface area (Å²) in [5.41, 5.74) is 1.02. The minimum atomic E-state index is -3.58. The molecule has 1 saturated heterocycles. The van der Waals surface area contributed by atoms with Gasteiger partial charge in [-0.2, -0.15) is 4.31 Å². The molecule has 0 unspecified atom stereocenters. The van der Waals surface area contributed by atoms with Crippen molar-refractivity contribution in [2.75, 3.05) is 40.1 Å². The summed E-state index contributed by atoms with van der Waals surface area (Å²) in [7, 11) is -1.99. The zero-order valence-electron chi connectivity index (χ0n) is 15.0. The Morgan fingerprint density at radius 1 is 1.14 bits per heavy atom. The number of ether oxygens (including phenoxy) is 3. The normalized spacial score (nSPS) is 17.8. The lowest BCUT2D eigenvalue weighted by Gasteiger charge is -2.33. The molecule has 2 aliphatic heterocycles. The van der Waals surface area contributed by atoms with E-state index in [4.69, 9.17) is 37.4 Å². The smallest absolute Gasteiger partial charge is 0.252 e. The predicted molar refractivity (Wildman–Crippen MR) is 107 cm³/mol. The summed E-state index contributed by atoms with van der Waals surface area (Å²) < 4.78 is 43.8. The molecule has 4 rings (SSSR count). The van der Waals surface area contributed by atoms with Gasteiger partial charge in [0.15, 0.2) is 11.5 Å². The highest BCUT2D eigenvalue weighted by molar-refractivity contribution is 7.91. The van der Waals surface area contributed by atoms with Crippen molar-refractivity contribution < 1.29 is 22.6 Å². The van der Waals surface area contributed by atoms with E-state index in [1.165, 1.54) is 10.4 Å². The van der Waals surface area contributed by atoms with Crippen LogP contribution < -0.4 is 14.2 Å². The molecule has 0 atom stereocenters. The van der Waals surface area contributed by atoms with E-state index in [0.29, 0.717) is 50.0 Å². The third kappa shape index (κ3) is 3.79. The van der Waals surface area contributed by atoms with Crippen molar-refractivity contribution in [3.63, 3.8) is 0 Å². The monoisotopic (exact) mass is 464 g/mol. The SMILES string of the molecule is COc1cc(CN2CCN(S(=O)(=O)c3cc(Cl)c(Cl)s3)CC2)cc2c1OCO2. The van der Waals surface area contributed by atoms with Crippen molar-refractivity contribution in [1.82, 2.24) is 9.21 Å². The van der Waals surface area contributed by atoms with Crippen LogP contribution in [0.3, 0.4) is 0 Å². The average Bonchev–Trinajstić information content (AvgIpc) is 3.28. The highest BCUT2D eigenvalue weighted by Gasteiger charge is 2.31. The molecule has 0 saturated carbocycles. The van der Waals surface area contributed by atoms with Crippen molar-refractivity contribution in [2.45, 2.75) is 10.8 Å². The number of hydrogen-bond acceptors (Lipinski definition) is 7. The van der Waals surface area contributed by atoms with Gasteiger partial charge in [-0.25, -0.2) is 8.42 Å². The Labute approximate surface area is 177 Å². The first kappa shape index (κ1) is 20.1. The van der Waals surface area contributed by atoms with E-state index in [9.17, 15) is 8.42 Å². The Balaban J connectivity index is 1.42. The van der Waals surface area contributed by atoms with Crippen LogP contribution in [0.5, 0.6) is 17.2 Å². The molecule has 1 aromatic carbocycles. The third-order valence-electron chi connectivity index (χ3n) is 4.67. The molecular formula is C17H18Cl2N2O5S2. The van der Waals surface area contributed by atoms with E-state index in [2.05, 4.69) is 4.90 Å². The van der Waals surface area contributed by atoms with Crippen LogP contribution in [0.15, 0.2) is 22.4 Å². The van der Waals surface area contributed by atoms with Crippen LogP contribution in [-0.2, 0) is 16.6 Å². The van der Waals surface area contributed by atoms with Crippen LogP contribution in [0, 0.1) is 0 Å². The lowest BCUT2D eigenvalue weighted by atomic mass is 10.1. The number of sulfonamides is 1. The molecule has 0 aliphatic carbocycles.